The van der Waals surface area contributed by atoms with Gasteiger partial charge in [0.25, 0.3) is 0 Å². The van der Waals surface area contributed by atoms with Crippen molar-refractivity contribution in [3.8, 4) is 0 Å². The molecule has 0 spiro atoms. The Morgan fingerprint density at radius 1 is 1.60 bits per heavy atom. The highest BCUT2D eigenvalue weighted by Crippen LogP contribution is 2.17. The molecule has 58 valence electrons. The smallest absolute Gasteiger partial charge is 0.0937 e. The van der Waals surface area contributed by atoms with Gasteiger partial charge in [0.2, 0.25) is 0 Å². The Balaban J connectivity index is 2.36. The molecule has 1 heterocycles. The minimum absolute atomic E-state index is 0.857. The zero-order valence-electron chi connectivity index (χ0n) is 6.64. The van der Waals surface area contributed by atoms with Gasteiger partial charge in [-0.15, -0.1) is 0 Å². The van der Waals surface area contributed by atoms with E-state index in [2.05, 4.69) is 11.9 Å². The Bertz CT molecular complexity index is 129. The zero-order chi connectivity index (χ0) is 7.40. The average Bonchev–Trinajstić information content (AvgIpc) is 2.14. The SMILES string of the molecule is CCC1CCN=C(N)CC1. The summed E-state index contributed by atoms with van der Waals surface area (Å²) >= 11 is 0. The Morgan fingerprint density at radius 3 is 3.10 bits per heavy atom. The van der Waals surface area contributed by atoms with E-state index in [0.29, 0.717) is 0 Å². The van der Waals surface area contributed by atoms with E-state index in [1.165, 1.54) is 19.3 Å². The van der Waals surface area contributed by atoms with Crippen molar-refractivity contribution in [3.05, 3.63) is 0 Å². The topological polar surface area (TPSA) is 38.4 Å². The molecule has 0 aromatic carbocycles. The van der Waals surface area contributed by atoms with Crippen molar-refractivity contribution in [1.29, 1.82) is 0 Å². The van der Waals surface area contributed by atoms with Crippen molar-refractivity contribution < 1.29 is 0 Å². The van der Waals surface area contributed by atoms with E-state index in [1.54, 1.807) is 0 Å². The molecule has 10 heavy (non-hydrogen) atoms. The molecule has 0 aliphatic carbocycles. The first-order valence-electron chi connectivity index (χ1n) is 4.11. The summed E-state index contributed by atoms with van der Waals surface area (Å²) in [5.41, 5.74) is 5.60. The predicted molar refractivity (Wildman–Crippen MR) is 44.1 cm³/mol. The summed E-state index contributed by atoms with van der Waals surface area (Å²) in [6, 6.07) is 0. The number of amidine groups is 1. The quantitative estimate of drug-likeness (QED) is 0.589. The predicted octanol–water partition coefficient (Wildman–Crippen LogP) is 1.55. The maximum atomic E-state index is 5.60. The van der Waals surface area contributed by atoms with Gasteiger partial charge in [0.1, 0.15) is 0 Å². The van der Waals surface area contributed by atoms with Gasteiger partial charge in [-0.05, 0) is 18.8 Å². The number of hydrogen-bond acceptors (Lipinski definition) is 2. The van der Waals surface area contributed by atoms with E-state index in [9.17, 15) is 0 Å². The second-order valence-corrected chi connectivity index (χ2v) is 2.97. The monoisotopic (exact) mass is 140 g/mol. The number of hydrogen-bond donors (Lipinski definition) is 1. The van der Waals surface area contributed by atoms with E-state index in [0.717, 1.165) is 24.7 Å². The van der Waals surface area contributed by atoms with Crippen LogP contribution in [-0.4, -0.2) is 12.4 Å². The van der Waals surface area contributed by atoms with Crippen LogP contribution in [0.15, 0.2) is 4.99 Å². The summed E-state index contributed by atoms with van der Waals surface area (Å²) in [4.78, 5) is 4.22. The molecular weight excluding hydrogens is 124 g/mol. The molecule has 1 aliphatic heterocycles. The summed E-state index contributed by atoms with van der Waals surface area (Å²) in [6.07, 6.45) is 4.77. The lowest BCUT2D eigenvalue weighted by atomic mass is 9.98. The van der Waals surface area contributed by atoms with Gasteiger partial charge in [0.05, 0.1) is 5.84 Å². The molecule has 1 aliphatic rings. The highest BCUT2D eigenvalue weighted by atomic mass is 14.8. The third-order valence-corrected chi connectivity index (χ3v) is 2.24. The third-order valence-electron chi connectivity index (χ3n) is 2.24. The Kier molecular flexibility index (Phi) is 2.72. The highest BCUT2D eigenvalue weighted by molar-refractivity contribution is 5.80. The first kappa shape index (κ1) is 7.58. The number of nitrogens with zero attached hydrogens (tertiary/aromatic N) is 1. The van der Waals surface area contributed by atoms with E-state index >= 15 is 0 Å². The maximum absolute atomic E-state index is 5.60. The third kappa shape index (κ3) is 2.01. The normalized spacial score (nSPS) is 27.3. The van der Waals surface area contributed by atoms with Gasteiger partial charge in [0, 0.05) is 13.0 Å². The van der Waals surface area contributed by atoms with Crippen molar-refractivity contribution in [3.63, 3.8) is 0 Å². The lowest BCUT2D eigenvalue weighted by Gasteiger charge is -2.08. The highest BCUT2D eigenvalue weighted by Gasteiger charge is 2.09. The summed E-state index contributed by atoms with van der Waals surface area (Å²) < 4.78 is 0. The largest absolute Gasteiger partial charge is 0.387 e. The van der Waals surface area contributed by atoms with Crippen molar-refractivity contribution in [2.75, 3.05) is 6.54 Å². The molecule has 0 saturated carbocycles. The molecule has 1 unspecified atom stereocenters. The minimum atomic E-state index is 0.857. The van der Waals surface area contributed by atoms with Crippen LogP contribution in [0.5, 0.6) is 0 Å². The van der Waals surface area contributed by atoms with Crippen LogP contribution in [0.2, 0.25) is 0 Å². The van der Waals surface area contributed by atoms with E-state index < -0.39 is 0 Å². The fourth-order valence-electron chi connectivity index (χ4n) is 1.37. The Labute approximate surface area is 62.5 Å². The molecule has 0 amide bonds. The fraction of sp³-hybridized carbons (Fsp3) is 0.875. The average molecular weight is 140 g/mol. The molecule has 0 aromatic heterocycles. The van der Waals surface area contributed by atoms with Crippen molar-refractivity contribution >= 4 is 5.84 Å². The van der Waals surface area contributed by atoms with Gasteiger partial charge in [0.15, 0.2) is 0 Å². The van der Waals surface area contributed by atoms with Crippen LogP contribution in [-0.2, 0) is 0 Å². The van der Waals surface area contributed by atoms with Gasteiger partial charge in [-0.25, -0.2) is 0 Å². The number of nitrogens with two attached hydrogens (primary N) is 1. The summed E-state index contributed by atoms with van der Waals surface area (Å²) in [6.45, 7) is 3.19. The van der Waals surface area contributed by atoms with Crippen molar-refractivity contribution in [2.24, 2.45) is 16.6 Å². The first-order valence-corrected chi connectivity index (χ1v) is 4.11. The lowest BCUT2D eigenvalue weighted by molar-refractivity contribution is 0.461. The van der Waals surface area contributed by atoms with Gasteiger partial charge >= 0.3 is 0 Å². The molecule has 1 atom stereocenters. The van der Waals surface area contributed by atoms with Crippen LogP contribution in [0.25, 0.3) is 0 Å². The number of rotatable bonds is 1. The fourth-order valence-corrected chi connectivity index (χ4v) is 1.37. The summed E-state index contributed by atoms with van der Waals surface area (Å²) in [5.74, 6) is 1.72. The molecule has 1 rings (SSSR count). The lowest BCUT2D eigenvalue weighted by Crippen LogP contribution is -2.10. The van der Waals surface area contributed by atoms with Gasteiger partial charge in [-0.1, -0.05) is 13.3 Å². The van der Waals surface area contributed by atoms with Gasteiger partial charge in [-0.3, -0.25) is 4.99 Å². The molecule has 2 heteroatoms. The summed E-state index contributed by atoms with van der Waals surface area (Å²) in [7, 11) is 0. The second-order valence-electron chi connectivity index (χ2n) is 2.97. The van der Waals surface area contributed by atoms with E-state index in [1.807, 2.05) is 0 Å². The first-order chi connectivity index (χ1) is 4.83. The zero-order valence-corrected chi connectivity index (χ0v) is 6.64. The number of aliphatic imine (C=N–C) groups is 1. The van der Waals surface area contributed by atoms with Crippen LogP contribution in [0.4, 0.5) is 0 Å². The van der Waals surface area contributed by atoms with Crippen molar-refractivity contribution in [1.82, 2.24) is 0 Å². The van der Waals surface area contributed by atoms with Crippen molar-refractivity contribution in [2.45, 2.75) is 32.6 Å². The standard InChI is InChI=1S/C8H16N2/c1-2-7-3-4-8(9)10-6-5-7/h7H,2-6H2,1H3,(H2,9,10). The summed E-state index contributed by atoms with van der Waals surface area (Å²) in [5, 5.41) is 0. The molecule has 0 bridgehead atoms. The van der Waals surface area contributed by atoms with Crippen LogP contribution in [0.3, 0.4) is 0 Å². The Hall–Kier alpha value is -0.530. The molecule has 0 radical (unpaired) electrons. The van der Waals surface area contributed by atoms with E-state index in [4.69, 9.17) is 5.73 Å². The van der Waals surface area contributed by atoms with Gasteiger partial charge in [-0.2, -0.15) is 0 Å². The second kappa shape index (κ2) is 3.59. The molecule has 2 N–H and O–H groups in total. The minimum Gasteiger partial charge on any atom is -0.387 e. The maximum Gasteiger partial charge on any atom is 0.0937 e. The Morgan fingerprint density at radius 2 is 2.40 bits per heavy atom. The molecular formula is C8H16N2. The van der Waals surface area contributed by atoms with Crippen LogP contribution >= 0.6 is 0 Å². The molecule has 2 nitrogen and oxygen atoms in total. The molecule has 0 fully saturated rings. The molecule has 0 saturated heterocycles. The van der Waals surface area contributed by atoms with E-state index in [-0.39, 0.29) is 0 Å². The van der Waals surface area contributed by atoms with Crippen LogP contribution in [0, 0.1) is 5.92 Å². The van der Waals surface area contributed by atoms with Crippen LogP contribution in [0.1, 0.15) is 32.6 Å². The molecule has 0 aromatic rings. The van der Waals surface area contributed by atoms with Crippen LogP contribution < -0.4 is 5.73 Å². The van der Waals surface area contributed by atoms with Gasteiger partial charge < -0.3 is 5.73 Å².